The predicted molar refractivity (Wildman–Crippen MR) is 129 cm³/mol. The Balaban J connectivity index is 1.58. The van der Waals surface area contributed by atoms with Gasteiger partial charge in [-0.15, -0.1) is 0 Å². The molecule has 0 saturated carbocycles. The number of anilines is 1. The number of benzene rings is 3. The number of carbonyl (C=O) groups excluding carboxylic acids is 2. The lowest BCUT2D eigenvalue weighted by Crippen LogP contribution is -2.23. The fraction of sp³-hybridized carbons (Fsp3) is 0.0800. The zero-order chi connectivity index (χ0) is 23.6. The Labute approximate surface area is 201 Å². The molecule has 3 aromatic rings. The number of ether oxygens (including phenoxy) is 1. The van der Waals surface area contributed by atoms with Gasteiger partial charge in [-0.3, -0.25) is 9.59 Å². The van der Waals surface area contributed by atoms with Gasteiger partial charge in [0, 0.05) is 17.3 Å². The Morgan fingerprint density at radius 2 is 1.73 bits per heavy atom. The van der Waals surface area contributed by atoms with Crippen LogP contribution >= 0.6 is 23.2 Å². The minimum absolute atomic E-state index is 0.0574. The first kappa shape index (κ1) is 23.9. The molecule has 0 saturated heterocycles. The molecule has 0 unspecified atom stereocenters. The highest BCUT2D eigenvalue weighted by Crippen LogP contribution is 2.26. The van der Waals surface area contributed by atoms with Crippen molar-refractivity contribution in [1.82, 2.24) is 5.32 Å². The van der Waals surface area contributed by atoms with Gasteiger partial charge in [0.2, 0.25) is 0 Å². The maximum atomic E-state index is 12.3. The van der Waals surface area contributed by atoms with Gasteiger partial charge >= 0.3 is 0 Å². The SMILES string of the molecule is N#C/C(=C\c1ccc(OCC(=O)Nc2ccc(Cl)cc2)c(Cl)c1)C(=O)NCc1ccccc1. The number of rotatable bonds is 8. The van der Waals surface area contributed by atoms with Crippen LogP contribution in [0.15, 0.2) is 78.4 Å². The minimum Gasteiger partial charge on any atom is -0.482 e. The molecule has 6 nitrogen and oxygen atoms in total. The van der Waals surface area contributed by atoms with Gasteiger partial charge in [-0.1, -0.05) is 59.6 Å². The van der Waals surface area contributed by atoms with Crippen LogP contribution < -0.4 is 15.4 Å². The Kier molecular flexibility index (Phi) is 8.48. The number of nitrogens with zero attached hydrogens (tertiary/aromatic N) is 1. The van der Waals surface area contributed by atoms with Gasteiger partial charge in [-0.05, 0) is 53.6 Å². The van der Waals surface area contributed by atoms with E-state index >= 15 is 0 Å². The van der Waals surface area contributed by atoms with Crippen molar-refractivity contribution in [3.63, 3.8) is 0 Å². The van der Waals surface area contributed by atoms with Gasteiger partial charge in [0.25, 0.3) is 11.8 Å². The fourth-order valence-corrected chi connectivity index (χ4v) is 3.16. The van der Waals surface area contributed by atoms with Crippen molar-refractivity contribution in [2.24, 2.45) is 0 Å². The summed E-state index contributed by atoms with van der Waals surface area (Å²) in [5.41, 5.74) is 2.00. The molecular formula is C25H19Cl2N3O3. The quantitative estimate of drug-likeness (QED) is 0.341. The van der Waals surface area contributed by atoms with Gasteiger partial charge in [-0.2, -0.15) is 5.26 Å². The molecule has 0 atom stereocenters. The lowest BCUT2D eigenvalue weighted by Gasteiger charge is -2.10. The number of amides is 2. The standard InChI is InChI=1S/C25H19Cl2N3O3/c26-20-7-9-21(10-8-20)30-24(31)16-33-23-11-6-18(13-22(23)27)12-19(14-28)25(32)29-15-17-4-2-1-3-5-17/h1-13H,15-16H2,(H,29,32)(H,30,31)/b19-12+. The molecule has 3 aromatic carbocycles. The van der Waals surface area contributed by atoms with Crippen molar-refractivity contribution >= 4 is 46.8 Å². The highest BCUT2D eigenvalue weighted by atomic mass is 35.5. The van der Waals surface area contributed by atoms with Crippen molar-refractivity contribution in [3.8, 4) is 11.8 Å². The topological polar surface area (TPSA) is 91.2 Å². The molecule has 0 aliphatic heterocycles. The predicted octanol–water partition coefficient (Wildman–Crippen LogP) is 5.23. The molecule has 0 fully saturated rings. The van der Waals surface area contributed by atoms with E-state index < -0.39 is 5.91 Å². The average Bonchev–Trinajstić information content (AvgIpc) is 2.82. The summed E-state index contributed by atoms with van der Waals surface area (Å²) >= 11 is 12.1. The van der Waals surface area contributed by atoms with E-state index in [-0.39, 0.29) is 23.1 Å². The molecule has 3 rings (SSSR count). The number of nitrogens with one attached hydrogen (secondary N) is 2. The van der Waals surface area contributed by atoms with Crippen LogP contribution in [0.4, 0.5) is 5.69 Å². The second-order valence-corrected chi connectivity index (χ2v) is 7.72. The summed E-state index contributed by atoms with van der Waals surface area (Å²) in [4.78, 5) is 24.4. The Morgan fingerprint density at radius 3 is 2.39 bits per heavy atom. The van der Waals surface area contributed by atoms with Crippen LogP contribution in [0, 0.1) is 11.3 Å². The van der Waals surface area contributed by atoms with Gasteiger partial charge in [0.15, 0.2) is 6.61 Å². The van der Waals surface area contributed by atoms with Crippen molar-refractivity contribution in [3.05, 3.63) is 99.5 Å². The minimum atomic E-state index is -0.489. The molecule has 0 heterocycles. The molecule has 0 aromatic heterocycles. The van der Waals surface area contributed by atoms with Crippen LogP contribution in [0.3, 0.4) is 0 Å². The first-order valence-corrected chi connectivity index (χ1v) is 10.6. The van der Waals surface area contributed by atoms with Crippen molar-refractivity contribution in [2.45, 2.75) is 6.54 Å². The van der Waals surface area contributed by atoms with E-state index in [2.05, 4.69) is 10.6 Å². The summed E-state index contributed by atoms with van der Waals surface area (Å²) in [7, 11) is 0. The highest BCUT2D eigenvalue weighted by molar-refractivity contribution is 6.32. The van der Waals surface area contributed by atoms with E-state index in [4.69, 9.17) is 27.9 Å². The molecular weight excluding hydrogens is 461 g/mol. The molecule has 166 valence electrons. The lowest BCUT2D eigenvalue weighted by molar-refractivity contribution is -0.118. The van der Waals surface area contributed by atoms with E-state index in [1.165, 1.54) is 6.08 Å². The van der Waals surface area contributed by atoms with E-state index in [1.54, 1.807) is 42.5 Å². The number of hydrogen-bond acceptors (Lipinski definition) is 4. The molecule has 0 radical (unpaired) electrons. The number of hydrogen-bond donors (Lipinski definition) is 2. The molecule has 2 N–H and O–H groups in total. The second kappa shape index (κ2) is 11.7. The van der Waals surface area contributed by atoms with Crippen LogP contribution in [0.25, 0.3) is 6.08 Å². The first-order chi connectivity index (χ1) is 15.9. The molecule has 0 aliphatic carbocycles. The molecule has 8 heteroatoms. The van der Waals surface area contributed by atoms with Crippen LogP contribution in [0.1, 0.15) is 11.1 Å². The normalized spacial score (nSPS) is 10.8. The van der Waals surface area contributed by atoms with Crippen molar-refractivity contribution < 1.29 is 14.3 Å². The zero-order valence-electron chi connectivity index (χ0n) is 17.3. The number of nitriles is 1. The summed E-state index contributed by atoms with van der Waals surface area (Å²) in [5, 5.41) is 15.6. The molecule has 0 spiro atoms. The van der Waals surface area contributed by atoms with E-state index in [1.807, 2.05) is 36.4 Å². The zero-order valence-corrected chi connectivity index (χ0v) is 18.9. The highest BCUT2D eigenvalue weighted by Gasteiger charge is 2.11. The Hall–Kier alpha value is -3.79. The first-order valence-electron chi connectivity index (χ1n) is 9.86. The van der Waals surface area contributed by atoms with Crippen LogP contribution in [0.5, 0.6) is 5.75 Å². The number of carbonyl (C=O) groups is 2. The third kappa shape index (κ3) is 7.39. The largest absolute Gasteiger partial charge is 0.482 e. The molecule has 2 amide bonds. The third-order valence-electron chi connectivity index (χ3n) is 4.41. The van der Waals surface area contributed by atoms with E-state index in [0.717, 1.165) is 5.56 Å². The summed E-state index contributed by atoms with van der Waals surface area (Å²) < 4.78 is 5.48. The van der Waals surface area contributed by atoms with Crippen LogP contribution in [-0.2, 0) is 16.1 Å². The lowest BCUT2D eigenvalue weighted by atomic mass is 10.1. The number of halogens is 2. The maximum Gasteiger partial charge on any atom is 0.262 e. The van der Waals surface area contributed by atoms with Gasteiger partial charge < -0.3 is 15.4 Å². The average molecular weight is 480 g/mol. The molecule has 0 bridgehead atoms. The Morgan fingerprint density at radius 1 is 1.00 bits per heavy atom. The van der Waals surface area contributed by atoms with E-state index in [9.17, 15) is 14.9 Å². The summed E-state index contributed by atoms with van der Waals surface area (Å²) in [6, 6.07) is 22.7. The second-order valence-electron chi connectivity index (χ2n) is 6.87. The maximum absolute atomic E-state index is 12.3. The van der Waals surface area contributed by atoms with Crippen LogP contribution in [0.2, 0.25) is 10.0 Å². The van der Waals surface area contributed by atoms with Gasteiger partial charge in [0.1, 0.15) is 17.4 Å². The summed E-state index contributed by atoms with van der Waals surface area (Å²) in [6.07, 6.45) is 1.43. The van der Waals surface area contributed by atoms with E-state index in [0.29, 0.717) is 28.6 Å². The fourth-order valence-electron chi connectivity index (χ4n) is 2.79. The Bertz CT molecular complexity index is 1200. The smallest absolute Gasteiger partial charge is 0.262 e. The van der Waals surface area contributed by atoms with Crippen LogP contribution in [-0.4, -0.2) is 18.4 Å². The van der Waals surface area contributed by atoms with Crippen molar-refractivity contribution in [1.29, 1.82) is 5.26 Å². The monoisotopic (exact) mass is 479 g/mol. The third-order valence-corrected chi connectivity index (χ3v) is 4.96. The van der Waals surface area contributed by atoms with Gasteiger partial charge in [-0.25, -0.2) is 0 Å². The molecule has 0 aliphatic rings. The van der Waals surface area contributed by atoms with Crippen molar-refractivity contribution in [2.75, 3.05) is 11.9 Å². The molecule has 33 heavy (non-hydrogen) atoms. The summed E-state index contributed by atoms with van der Waals surface area (Å²) in [5.74, 6) is -0.553. The summed E-state index contributed by atoms with van der Waals surface area (Å²) in [6.45, 7) is 0.0627. The van der Waals surface area contributed by atoms with Gasteiger partial charge in [0.05, 0.1) is 5.02 Å².